The highest BCUT2D eigenvalue weighted by atomic mass is 35.5. The summed E-state index contributed by atoms with van der Waals surface area (Å²) >= 11 is 6.10. The number of hydrogen-bond acceptors (Lipinski definition) is 4. The molecule has 4 rings (SSSR count). The van der Waals surface area contributed by atoms with E-state index in [1.54, 1.807) is 39.9 Å². The maximum Gasteiger partial charge on any atom is 0.257 e. The number of hydrogen-bond donors (Lipinski definition) is 0. The highest BCUT2D eigenvalue weighted by Crippen LogP contribution is 2.27. The summed E-state index contributed by atoms with van der Waals surface area (Å²) in [5.74, 6) is -0.571. The molecule has 0 atom stereocenters. The normalized spacial score (nSPS) is 15.2. The first kappa shape index (κ1) is 23.4. The van der Waals surface area contributed by atoms with Crippen molar-refractivity contribution in [2.45, 2.75) is 24.7 Å². The minimum atomic E-state index is -3.75. The molecule has 0 aliphatic carbocycles. The van der Waals surface area contributed by atoms with E-state index in [9.17, 15) is 17.6 Å². The summed E-state index contributed by atoms with van der Waals surface area (Å²) < 4.78 is 42.3. The van der Waals surface area contributed by atoms with Crippen molar-refractivity contribution >= 4 is 27.5 Å². The molecule has 33 heavy (non-hydrogen) atoms. The molecule has 2 heterocycles. The Kier molecular flexibility index (Phi) is 6.56. The number of amides is 1. The lowest BCUT2D eigenvalue weighted by atomic mass is 10.0. The molecule has 0 unspecified atom stereocenters. The Morgan fingerprint density at radius 1 is 1.03 bits per heavy atom. The predicted molar refractivity (Wildman–Crippen MR) is 124 cm³/mol. The third kappa shape index (κ3) is 4.53. The minimum absolute atomic E-state index is 0.0154. The van der Waals surface area contributed by atoms with Gasteiger partial charge >= 0.3 is 0 Å². The largest absolute Gasteiger partial charge is 0.336 e. The first-order valence-corrected chi connectivity index (χ1v) is 12.4. The van der Waals surface area contributed by atoms with Crippen LogP contribution in [0.4, 0.5) is 4.39 Å². The minimum Gasteiger partial charge on any atom is -0.336 e. The van der Waals surface area contributed by atoms with Gasteiger partial charge in [-0.1, -0.05) is 37.6 Å². The summed E-state index contributed by atoms with van der Waals surface area (Å²) in [5, 5.41) is 4.55. The van der Waals surface area contributed by atoms with Crippen LogP contribution in [-0.2, 0) is 10.0 Å². The van der Waals surface area contributed by atoms with Gasteiger partial charge in [0.25, 0.3) is 5.91 Å². The second-order valence-electron chi connectivity index (χ2n) is 8.11. The van der Waals surface area contributed by atoms with Crippen LogP contribution in [0.1, 0.15) is 35.8 Å². The lowest BCUT2D eigenvalue weighted by Gasteiger charge is -2.34. The Labute approximate surface area is 197 Å². The first-order chi connectivity index (χ1) is 15.7. The summed E-state index contributed by atoms with van der Waals surface area (Å²) in [6.45, 7) is 4.76. The molecule has 1 aliphatic rings. The smallest absolute Gasteiger partial charge is 0.257 e. The molecule has 2 aromatic carbocycles. The fourth-order valence-corrected chi connectivity index (χ4v) is 5.88. The van der Waals surface area contributed by atoms with E-state index in [-0.39, 0.29) is 53.7 Å². The summed E-state index contributed by atoms with van der Waals surface area (Å²) in [5.41, 5.74) is 1.84. The number of piperazine rings is 1. The van der Waals surface area contributed by atoms with Gasteiger partial charge in [0.2, 0.25) is 10.0 Å². The van der Waals surface area contributed by atoms with Gasteiger partial charge in [-0.2, -0.15) is 9.40 Å². The quantitative estimate of drug-likeness (QED) is 0.543. The Bertz CT molecular complexity index is 1270. The van der Waals surface area contributed by atoms with Gasteiger partial charge < -0.3 is 4.90 Å². The van der Waals surface area contributed by atoms with E-state index in [0.717, 1.165) is 5.69 Å². The summed E-state index contributed by atoms with van der Waals surface area (Å²) in [6.07, 6.45) is 1.52. The van der Waals surface area contributed by atoms with Crippen LogP contribution in [0.2, 0.25) is 5.02 Å². The van der Waals surface area contributed by atoms with Crippen molar-refractivity contribution in [1.82, 2.24) is 19.0 Å². The van der Waals surface area contributed by atoms with Crippen LogP contribution >= 0.6 is 11.6 Å². The van der Waals surface area contributed by atoms with E-state index >= 15 is 0 Å². The highest BCUT2D eigenvalue weighted by Gasteiger charge is 2.33. The summed E-state index contributed by atoms with van der Waals surface area (Å²) in [6, 6.07) is 12.2. The number of aromatic nitrogens is 2. The Balaban J connectivity index is 1.54. The number of nitrogens with zero attached hydrogens (tertiary/aromatic N) is 4. The molecule has 0 radical (unpaired) electrons. The Morgan fingerprint density at radius 3 is 2.27 bits per heavy atom. The molecule has 1 amide bonds. The van der Waals surface area contributed by atoms with Crippen LogP contribution in [0.5, 0.6) is 0 Å². The SMILES string of the molecule is CC(C)c1c(C(=O)N2CCN(S(=O)(=O)c3ccccc3Cl)CC2)cnn1-c1ccc(F)cc1. The van der Waals surface area contributed by atoms with Crippen LogP contribution in [0, 0.1) is 5.82 Å². The lowest BCUT2D eigenvalue weighted by molar-refractivity contribution is 0.0696. The van der Waals surface area contributed by atoms with E-state index in [1.807, 2.05) is 13.8 Å². The molecular weight excluding hydrogens is 467 g/mol. The highest BCUT2D eigenvalue weighted by molar-refractivity contribution is 7.89. The average molecular weight is 491 g/mol. The second-order valence-corrected chi connectivity index (χ2v) is 10.4. The van der Waals surface area contributed by atoms with E-state index in [2.05, 4.69) is 5.10 Å². The molecule has 1 aromatic heterocycles. The monoisotopic (exact) mass is 490 g/mol. The van der Waals surface area contributed by atoms with E-state index in [4.69, 9.17) is 11.6 Å². The predicted octanol–water partition coefficient (Wildman–Crippen LogP) is 3.93. The molecule has 1 saturated heterocycles. The summed E-state index contributed by atoms with van der Waals surface area (Å²) in [7, 11) is -3.75. The van der Waals surface area contributed by atoms with Gasteiger partial charge in [-0.25, -0.2) is 17.5 Å². The van der Waals surface area contributed by atoms with Gasteiger partial charge in [0.15, 0.2) is 0 Å². The van der Waals surface area contributed by atoms with Crippen molar-refractivity contribution in [3.8, 4) is 5.69 Å². The molecule has 0 spiro atoms. The maximum atomic E-state index is 13.3. The van der Waals surface area contributed by atoms with Crippen LogP contribution in [0.15, 0.2) is 59.6 Å². The molecule has 0 bridgehead atoms. The zero-order valence-electron chi connectivity index (χ0n) is 18.3. The Morgan fingerprint density at radius 2 is 1.67 bits per heavy atom. The molecule has 1 fully saturated rings. The molecule has 7 nitrogen and oxygen atoms in total. The first-order valence-electron chi connectivity index (χ1n) is 10.6. The van der Waals surface area contributed by atoms with E-state index in [0.29, 0.717) is 11.3 Å². The number of rotatable bonds is 5. The number of halogens is 2. The molecular formula is C23H24ClFN4O3S. The van der Waals surface area contributed by atoms with Crippen molar-refractivity contribution in [3.05, 3.63) is 76.8 Å². The van der Waals surface area contributed by atoms with Crippen LogP contribution in [0.3, 0.4) is 0 Å². The van der Waals surface area contributed by atoms with E-state index < -0.39 is 10.0 Å². The van der Waals surface area contributed by atoms with E-state index in [1.165, 1.54) is 28.7 Å². The van der Waals surface area contributed by atoms with Gasteiger partial charge in [0.05, 0.1) is 28.2 Å². The summed E-state index contributed by atoms with van der Waals surface area (Å²) in [4.78, 5) is 15.0. The lowest BCUT2D eigenvalue weighted by Crippen LogP contribution is -2.50. The van der Waals surface area contributed by atoms with Gasteiger partial charge in [0, 0.05) is 26.2 Å². The van der Waals surface area contributed by atoms with Crippen molar-refractivity contribution in [3.63, 3.8) is 0 Å². The van der Waals surface area contributed by atoms with Crippen LogP contribution in [-0.4, -0.2) is 59.5 Å². The number of carbonyl (C=O) groups excluding carboxylic acids is 1. The van der Waals surface area contributed by atoms with Gasteiger partial charge in [-0.3, -0.25) is 4.79 Å². The second kappa shape index (κ2) is 9.24. The fraction of sp³-hybridized carbons (Fsp3) is 0.304. The van der Waals surface area contributed by atoms with Gasteiger partial charge in [-0.05, 0) is 42.3 Å². The maximum absolute atomic E-state index is 13.3. The number of sulfonamides is 1. The Hall–Kier alpha value is -2.75. The van der Waals surface area contributed by atoms with Gasteiger partial charge in [0.1, 0.15) is 10.7 Å². The van der Waals surface area contributed by atoms with Gasteiger partial charge in [-0.15, -0.1) is 0 Å². The number of benzene rings is 2. The zero-order valence-corrected chi connectivity index (χ0v) is 19.9. The van der Waals surface area contributed by atoms with Crippen molar-refractivity contribution in [2.24, 2.45) is 0 Å². The fourth-order valence-electron chi connectivity index (χ4n) is 3.96. The zero-order chi connectivity index (χ0) is 23.8. The average Bonchev–Trinajstić information content (AvgIpc) is 3.25. The van der Waals surface area contributed by atoms with Crippen LogP contribution in [0.25, 0.3) is 5.69 Å². The molecule has 0 N–H and O–H groups in total. The third-order valence-electron chi connectivity index (χ3n) is 5.64. The van der Waals surface area contributed by atoms with Crippen molar-refractivity contribution < 1.29 is 17.6 Å². The topological polar surface area (TPSA) is 75.5 Å². The van der Waals surface area contributed by atoms with Crippen molar-refractivity contribution in [2.75, 3.05) is 26.2 Å². The molecule has 174 valence electrons. The molecule has 0 saturated carbocycles. The number of carbonyl (C=O) groups is 1. The molecule has 1 aliphatic heterocycles. The standard InChI is InChI=1S/C23H24ClFN4O3S/c1-16(2)22-19(15-26-29(22)18-9-7-17(25)8-10-18)23(30)27-11-13-28(14-12-27)33(31,32)21-6-4-3-5-20(21)24/h3-10,15-16H,11-14H2,1-2H3. The molecule has 3 aromatic rings. The van der Waals surface area contributed by atoms with Crippen LogP contribution < -0.4 is 0 Å². The molecule has 10 heteroatoms. The van der Waals surface area contributed by atoms with Crippen molar-refractivity contribution in [1.29, 1.82) is 0 Å². The third-order valence-corrected chi connectivity index (χ3v) is 8.03.